The maximum atomic E-state index is 6.00. The first kappa shape index (κ1) is 11.6. The molecule has 0 aliphatic carbocycles. The van der Waals surface area contributed by atoms with Gasteiger partial charge in [0.2, 0.25) is 0 Å². The molecule has 2 heteroatoms. The molecule has 0 amide bonds. The van der Waals surface area contributed by atoms with Gasteiger partial charge >= 0.3 is 0 Å². The Morgan fingerprint density at radius 3 is 3.00 bits per heavy atom. The molecule has 80 valence electrons. The van der Waals surface area contributed by atoms with Crippen molar-refractivity contribution in [2.45, 2.75) is 25.8 Å². The average Bonchev–Trinajstić information content (AvgIpc) is 2.27. The molecule has 0 heterocycles. The van der Waals surface area contributed by atoms with E-state index < -0.39 is 0 Å². The van der Waals surface area contributed by atoms with Gasteiger partial charge in [-0.2, -0.15) is 0 Å². The summed E-state index contributed by atoms with van der Waals surface area (Å²) in [4.78, 5) is 0. The first-order chi connectivity index (χ1) is 7.27. The van der Waals surface area contributed by atoms with E-state index in [-0.39, 0.29) is 6.04 Å². The Labute approximate surface area is 91.4 Å². The number of ether oxygens (including phenoxy) is 1. The van der Waals surface area contributed by atoms with E-state index in [1.807, 2.05) is 31.2 Å². The fraction of sp³-hybridized carbons (Fsp3) is 0.385. The van der Waals surface area contributed by atoms with Gasteiger partial charge in [-0.3, -0.25) is 0 Å². The minimum absolute atomic E-state index is 0.00135. The van der Waals surface area contributed by atoms with Crippen molar-refractivity contribution < 1.29 is 4.74 Å². The summed E-state index contributed by atoms with van der Waals surface area (Å²) in [5.41, 5.74) is 7.07. The lowest BCUT2D eigenvalue weighted by molar-refractivity contribution is 0.339. The van der Waals surface area contributed by atoms with Gasteiger partial charge in [-0.15, -0.1) is 12.3 Å². The van der Waals surface area contributed by atoms with E-state index in [0.29, 0.717) is 13.0 Å². The van der Waals surface area contributed by atoms with Crippen LogP contribution in [0.5, 0.6) is 5.75 Å². The van der Waals surface area contributed by atoms with E-state index in [4.69, 9.17) is 16.9 Å². The molecule has 0 bridgehead atoms. The van der Waals surface area contributed by atoms with Crippen molar-refractivity contribution in [3.63, 3.8) is 0 Å². The molecule has 0 fully saturated rings. The number of rotatable bonds is 5. The zero-order chi connectivity index (χ0) is 11.1. The van der Waals surface area contributed by atoms with Crippen LogP contribution in [-0.4, -0.2) is 6.61 Å². The van der Waals surface area contributed by atoms with Crippen molar-refractivity contribution in [3.05, 3.63) is 29.8 Å². The highest BCUT2D eigenvalue weighted by atomic mass is 16.5. The van der Waals surface area contributed by atoms with Gasteiger partial charge in [-0.25, -0.2) is 0 Å². The summed E-state index contributed by atoms with van der Waals surface area (Å²) in [5, 5.41) is 0. The Balaban J connectivity index is 2.67. The van der Waals surface area contributed by atoms with Crippen LogP contribution in [0.4, 0.5) is 0 Å². The van der Waals surface area contributed by atoms with Crippen LogP contribution < -0.4 is 10.5 Å². The van der Waals surface area contributed by atoms with Crippen LogP contribution in [0.1, 0.15) is 31.4 Å². The predicted octanol–water partition coefficient (Wildman–Crippen LogP) is 2.50. The average molecular weight is 203 g/mol. The van der Waals surface area contributed by atoms with Gasteiger partial charge in [-0.1, -0.05) is 12.1 Å². The Hall–Kier alpha value is -1.46. The van der Waals surface area contributed by atoms with E-state index in [9.17, 15) is 0 Å². The van der Waals surface area contributed by atoms with Crippen molar-refractivity contribution in [1.29, 1.82) is 0 Å². The molecular formula is C13H17NO. The van der Waals surface area contributed by atoms with Crippen LogP contribution in [0.2, 0.25) is 0 Å². The van der Waals surface area contributed by atoms with Crippen LogP contribution in [0.3, 0.4) is 0 Å². The largest absolute Gasteiger partial charge is 0.494 e. The lowest BCUT2D eigenvalue weighted by Crippen LogP contribution is -2.09. The Kier molecular flexibility index (Phi) is 4.73. The van der Waals surface area contributed by atoms with Crippen molar-refractivity contribution in [1.82, 2.24) is 0 Å². The Bertz CT molecular complexity index is 341. The highest BCUT2D eigenvalue weighted by molar-refractivity contribution is 5.30. The molecular weight excluding hydrogens is 186 g/mol. The summed E-state index contributed by atoms with van der Waals surface area (Å²) in [6.45, 7) is 2.63. The summed E-state index contributed by atoms with van der Waals surface area (Å²) in [6.07, 6.45) is 6.72. The molecule has 1 rings (SSSR count). The summed E-state index contributed by atoms with van der Waals surface area (Å²) in [5.74, 6) is 3.46. The monoisotopic (exact) mass is 203 g/mol. The van der Waals surface area contributed by atoms with Gasteiger partial charge in [0.25, 0.3) is 0 Å². The van der Waals surface area contributed by atoms with Crippen LogP contribution in [0, 0.1) is 12.3 Å². The van der Waals surface area contributed by atoms with Gasteiger partial charge in [-0.05, 0) is 31.0 Å². The molecule has 0 aliphatic heterocycles. The highest BCUT2D eigenvalue weighted by Gasteiger charge is 2.05. The Morgan fingerprint density at radius 1 is 1.53 bits per heavy atom. The number of hydrogen-bond donors (Lipinski definition) is 1. The summed E-state index contributed by atoms with van der Waals surface area (Å²) < 4.78 is 5.41. The summed E-state index contributed by atoms with van der Waals surface area (Å²) >= 11 is 0. The normalized spacial score (nSPS) is 11.8. The van der Waals surface area contributed by atoms with Crippen molar-refractivity contribution in [2.24, 2.45) is 5.73 Å². The van der Waals surface area contributed by atoms with Crippen molar-refractivity contribution in [3.8, 4) is 18.1 Å². The minimum Gasteiger partial charge on any atom is -0.494 e. The van der Waals surface area contributed by atoms with E-state index in [1.54, 1.807) is 0 Å². The lowest BCUT2D eigenvalue weighted by Gasteiger charge is -2.11. The van der Waals surface area contributed by atoms with Crippen LogP contribution >= 0.6 is 0 Å². The molecule has 1 atom stereocenters. The third-order valence-corrected chi connectivity index (χ3v) is 2.20. The van der Waals surface area contributed by atoms with Gasteiger partial charge < -0.3 is 10.5 Å². The fourth-order valence-electron chi connectivity index (χ4n) is 1.41. The van der Waals surface area contributed by atoms with Gasteiger partial charge in [0.1, 0.15) is 5.75 Å². The first-order valence-corrected chi connectivity index (χ1v) is 5.19. The van der Waals surface area contributed by atoms with Crippen LogP contribution in [-0.2, 0) is 0 Å². The van der Waals surface area contributed by atoms with Gasteiger partial charge in [0, 0.05) is 12.5 Å². The Morgan fingerprint density at radius 2 is 2.33 bits per heavy atom. The van der Waals surface area contributed by atoms with Crippen LogP contribution in [0.15, 0.2) is 24.3 Å². The van der Waals surface area contributed by atoms with Gasteiger partial charge in [0.15, 0.2) is 0 Å². The van der Waals surface area contributed by atoms with Crippen molar-refractivity contribution in [2.75, 3.05) is 6.61 Å². The predicted molar refractivity (Wildman–Crippen MR) is 62.6 cm³/mol. The third-order valence-electron chi connectivity index (χ3n) is 2.20. The standard InChI is InChI=1S/C13H17NO/c1-3-5-9-13(14)11-7-6-8-12(10-11)15-4-2/h1,6-8,10,13H,4-5,9,14H2,2H3. The zero-order valence-corrected chi connectivity index (χ0v) is 9.07. The number of nitrogens with two attached hydrogens (primary N) is 1. The number of benzene rings is 1. The molecule has 0 radical (unpaired) electrons. The smallest absolute Gasteiger partial charge is 0.119 e. The number of hydrogen-bond acceptors (Lipinski definition) is 2. The molecule has 1 aromatic carbocycles. The van der Waals surface area contributed by atoms with E-state index in [2.05, 4.69) is 5.92 Å². The van der Waals surface area contributed by atoms with Crippen LogP contribution in [0.25, 0.3) is 0 Å². The van der Waals surface area contributed by atoms with Crippen molar-refractivity contribution >= 4 is 0 Å². The molecule has 15 heavy (non-hydrogen) atoms. The molecule has 0 aromatic heterocycles. The molecule has 2 nitrogen and oxygen atoms in total. The molecule has 0 aliphatic rings. The maximum Gasteiger partial charge on any atom is 0.119 e. The molecule has 0 saturated carbocycles. The van der Waals surface area contributed by atoms with Gasteiger partial charge in [0.05, 0.1) is 6.61 Å². The summed E-state index contributed by atoms with van der Waals surface area (Å²) in [6, 6.07) is 7.87. The molecule has 1 aromatic rings. The summed E-state index contributed by atoms with van der Waals surface area (Å²) in [7, 11) is 0. The van der Waals surface area contributed by atoms with E-state index >= 15 is 0 Å². The first-order valence-electron chi connectivity index (χ1n) is 5.19. The van der Waals surface area contributed by atoms with E-state index in [1.165, 1.54) is 0 Å². The van der Waals surface area contributed by atoms with E-state index in [0.717, 1.165) is 17.7 Å². The fourth-order valence-corrected chi connectivity index (χ4v) is 1.41. The second-order valence-corrected chi connectivity index (χ2v) is 3.35. The zero-order valence-electron chi connectivity index (χ0n) is 9.07. The number of terminal acetylenes is 1. The third kappa shape index (κ3) is 3.65. The lowest BCUT2D eigenvalue weighted by atomic mass is 10.0. The molecule has 1 unspecified atom stereocenters. The minimum atomic E-state index is 0.00135. The second kappa shape index (κ2) is 6.10. The molecule has 0 spiro atoms. The maximum absolute atomic E-state index is 6.00. The topological polar surface area (TPSA) is 35.2 Å². The second-order valence-electron chi connectivity index (χ2n) is 3.35. The molecule has 2 N–H and O–H groups in total. The SMILES string of the molecule is C#CCCC(N)c1cccc(OCC)c1. The molecule has 0 saturated heterocycles. The highest BCUT2D eigenvalue weighted by Crippen LogP contribution is 2.20. The quantitative estimate of drug-likeness (QED) is 0.746.